The van der Waals surface area contributed by atoms with E-state index in [1.54, 1.807) is 7.11 Å². The maximum absolute atomic E-state index is 5.17. The van der Waals surface area contributed by atoms with Crippen LogP contribution >= 0.6 is 0 Å². The van der Waals surface area contributed by atoms with Gasteiger partial charge in [0.15, 0.2) is 0 Å². The van der Waals surface area contributed by atoms with Crippen LogP contribution in [-0.4, -0.2) is 12.8 Å². The summed E-state index contributed by atoms with van der Waals surface area (Å²) < 4.78 is 5.17. The zero-order valence-corrected chi connectivity index (χ0v) is 11.1. The smallest absolute Gasteiger partial charge is 0.118 e. The number of para-hydroxylation sites is 1. The number of nitrogens with zero attached hydrogens (tertiary/aromatic N) is 1. The maximum atomic E-state index is 5.17. The number of aliphatic imine (C=N–C) groups is 1. The van der Waals surface area contributed by atoms with Gasteiger partial charge in [0.25, 0.3) is 0 Å². The number of methoxy groups -OCH3 is 1. The summed E-state index contributed by atoms with van der Waals surface area (Å²) in [5.74, 6) is 0.874. The molecule has 2 nitrogen and oxygen atoms in total. The third kappa shape index (κ3) is 2.17. The molecule has 19 heavy (non-hydrogen) atoms. The minimum absolute atomic E-state index is 0.874. The van der Waals surface area contributed by atoms with Crippen LogP contribution in [-0.2, 0) is 0 Å². The lowest BCUT2D eigenvalue weighted by Crippen LogP contribution is -1.90. The number of rotatable bonds is 2. The van der Waals surface area contributed by atoms with Gasteiger partial charge in [-0.25, -0.2) is 0 Å². The van der Waals surface area contributed by atoms with Gasteiger partial charge >= 0.3 is 0 Å². The number of hydrogen-bond acceptors (Lipinski definition) is 2. The van der Waals surface area contributed by atoms with E-state index in [0.717, 1.165) is 22.7 Å². The Labute approximate surface area is 113 Å². The first kappa shape index (κ1) is 11.7. The third-order valence-corrected chi connectivity index (χ3v) is 3.30. The minimum Gasteiger partial charge on any atom is -0.497 e. The van der Waals surface area contributed by atoms with E-state index >= 15 is 0 Å². The first-order valence-corrected chi connectivity index (χ1v) is 6.29. The average Bonchev–Trinajstić information content (AvgIpc) is 2.76. The lowest BCUT2D eigenvalue weighted by molar-refractivity contribution is 0.415. The molecular formula is C17H15NO. The van der Waals surface area contributed by atoms with Crippen molar-refractivity contribution in [1.29, 1.82) is 0 Å². The van der Waals surface area contributed by atoms with E-state index in [9.17, 15) is 0 Å². The molecule has 1 aliphatic rings. The lowest BCUT2D eigenvalue weighted by Gasteiger charge is -2.03. The minimum atomic E-state index is 0.874. The second-order valence-electron chi connectivity index (χ2n) is 4.55. The summed E-state index contributed by atoms with van der Waals surface area (Å²) in [6, 6.07) is 16.3. The first-order chi connectivity index (χ1) is 9.28. The molecule has 0 spiro atoms. The Bertz CT molecular complexity index is 666. The highest BCUT2D eigenvalue weighted by Crippen LogP contribution is 2.35. The van der Waals surface area contributed by atoms with Gasteiger partial charge in [0.05, 0.1) is 12.8 Å². The van der Waals surface area contributed by atoms with Crippen LogP contribution in [0.25, 0.3) is 11.6 Å². The Morgan fingerprint density at radius 3 is 2.47 bits per heavy atom. The van der Waals surface area contributed by atoms with Gasteiger partial charge in [-0.15, -0.1) is 0 Å². The number of benzene rings is 2. The van der Waals surface area contributed by atoms with E-state index in [4.69, 9.17) is 4.74 Å². The van der Waals surface area contributed by atoms with Crippen LogP contribution in [0.3, 0.4) is 0 Å². The molecule has 0 saturated carbocycles. The standard InChI is InChI=1S/C17H15NO/c1-12-16(15-5-3-4-6-17(15)18-12)11-13-7-9-14(19-2)10-8-13/h3-11H,1-2H3/b16-11-. The van der Waals surface area contributed by atoms with Crippen LogP contribution in [0, 0.1) is 0 Å². The second-order valence-corrected chi connectivity index (χ2v) is 4.55. The molecular weight excluding hydrogens is 234 g/mol. The SMILES string of the molecule is COc1ccc(/C=C2/C(C)=Nc3ccccc32)cc1. The number of ether oxygens (including phenoxy) is 1. The third-order valence-electron chi connectivity index (χ3n) is 3.30. The van der Waals surface area contributed by atoms with Gasteiger partial charge in [0.2, 0.25) is 0 Å². The van der Waals surface area contributed by atoms with Crippen molar-refractivity contribution in [1.82, 2.24) is 0 Å². The summed E-state index contributed by atoms with van der Waals surface area (Å²) >= 11 is 0. The average molecular weight is 249 g/mol. The molecule has 0 unspecified atom stereocenters. The monoisotopic (exact) mass is 249 g/mol. The molecule has 2 aromatic rings. The van der Waals surface area contributed by atoms with Crippen molar-refractivity contribution in [3.63, 3.8) is 0 Å². The Morgan fingerprint density at radius 1 is 1.00 bits per heavy atom. The number of hydrogen-bond donors (Lipinski definition) is 0. The van der Waals surface area contributed by atoms with Crippen molar-refractivity contribution < 1.29 is 4.74 Å². The van der Waals surface area contributed by atoms with Crippen LogP contribution in [0.5, 0.6) is 5.75 Å². The zero-order chi connectivity index (χ0) is 13.2. The molecule has 0 saturated heterocycles. The number of fused-ring (bicyclic) bond motifs is 1. The summed E-state index contributed by atoms with van der Waals surface area (Å²) in [5, 5.41) is 0. The Hall–Kier alpha value is -2.35. The molecule has 0 aliphatic carbocycles. The van der Waals surface area contributed by atoms with E-state index in [2.05, 4.69) is 42.3 Å². The summed E-state index contributed by atoms with van der Waals surface area (Å²) in [5.41, 5.74) is 5.68. The second kappa shape index (κ2) is 4.73. The highest BCUT2D eigenvalue weighted by atomic mass is 16.5. The van der Waals surface area contributed by atoms with Crippen LogP contribution in [0.1, 0.15) is 18.1 Å². The zero-order valence-electron chi connectivity index (χ0n) is 11.1. The summed E-state index contributed by atoms with van der Waals surface area (Å²) in [6.07, 6.45) is 2.17. The molecule has 3 rings (SSSR count). The van der Waals surface area contributed by atoms with Crippen LogP contribution in [0.2, 0.25) is 0 Å². The molecule has 0 N–H and O–H groups in total. The summed E-state index contributed by atoms with van der Waals surface area (Å²) in [4.78, 5) is 4.59. The van der Waals surface area contributed by atoms with Crippen LogP contribution in [0.15, 0.2) is 53.5 Å². The van der Waals surface area contributed by atoms with E-state index in [1.807, 2.05) is 24.3 Å². The lowest BCUT2D eigenvalue weighted by atomic mass is 10.0. The quantitative estimate of drug-likeness (QED) is 0.775. The Morgan fingerprint density at radius 2 is 1.74 bits per heavy atom. The van der Waals surface area contributed by atoms with Gasteiger partial charge in [-0.3, -0.25) is 4.99 Å². The van der Waals surface area contributed by atoms with Crippen LogP contribution < -0.4 is 4.74 Å². The molecule has 0 bridgehead atoms. The molecule has 0 aromatic heterocycles. The van der Waals surface area contributed by atoms with Crippen molar-refractivity contribution in [2.45, 2.75) is 6.92 Å². The van der Waals surface area contributed by atoms with E-state index in [-0.39, 0.29) is 0 Å². The normalized spacial score (nSPS) is 15.3. The van der Waals surface area contributed by atoms with Crippen molar-refractivity contribution in [2.24, 2.45) is 4.99 Å². The van der Waals surface area contributed by atoms with Crippen molar-refractivity contribution in [3.05, 3.63) is 59.7 Å². The summed E-state index contributed by atoms with van der Waals surface area (Å²) in [6.45, 7) is 2.05. The maximum Gasteiger partial charge on any atom is 0.118 e. The van der Waals surface area contributed by atoms with E-state index < -0.39 is 0 Å². The molecule has 1 aliphatic heterocycles. The molecule has 0 atom stereocenters. The molecule has 0 fully saturated rings. The molecule has 0 amide bonds. The molecule has 2 aromatic carbocycles. The Kier molecular flexibility index (Phi) is 2.92. The van der Waals surface area contributed by atoms with Crippen molar-refractivity contribution >= 4 is 23.0 Å². The van der Waals surface area contributed by atoms with Gasteiger partial charge in [-0.1, -0.05) is 30.3 Å². The highest BCUT2D eigenvalue weighted by Gasteiger charge is 2.16. The fraction of sp³-hybridized carbons (Fsp3) is 0.118. The highest BCUT2D eigenvalue weighted by molar-refractivity contribution is 6.31. The fourth-order valence-corrected chi connectivity index (χ4v) is 2.28. The van der Waals surface area contributed by atoms with Gasteiger partial charge in [-0.2, -0.15) is 0 Å². The van der Waals surface area contributed by atoms with Gasteiger partial charge in [0, 0.05) is 16.8 Å². The fourth-order valence-electron chi connectivity index (χ4n) is 2.28. The Balaban J connectivity index is 2.02. The van der Waals surface area contributed by atoms with Gasteiger partial charge in [0.1, 0.15) is 5.75 Å². The van der Waals surface area contributed by atoms with Crippen molar-refractivity contribution in [2.75, 3.05) is 7.11 Å². The summed E-state index contributed by atoms with van der Waals surface area (Å²) in [7, 11) is 1.68. The first-order valence-electron chi connectivity index (χ1n) is 6.29. The van der Waals surface area contributed by atoms with Crippen LogP contribution in [0.4, 0.5) is 5.69 Å². The van der Waals surface area contributed by atoms with Gasteiger partial charge in [-0.05, 0) is 36.8 Å². The largest absolute Gasteiger partial charge is 0.497 e. The predicted octanol–water partition coefficient (Wildman–Crippen LogP) is 4.34. The topological polar surface area (TPSA) is 21.6 Å². The van der Waals surface area contributed by atoms with E-state index in [0.29, 0.717) is 0 Å². The van der Waals surface area contributed by atoms with Gasteiger partial charge < -0.3 is 4.74 Å². The molecule has 0 radical (unpaired) electrons. The van der Waals surface area contributed by atoms with Crippen molar-refractivity contribution in [3.8, 4) is 5.75 Å². The molecule has 94 valence electrons. The number of allylic oxidation sites excluding steroid dienone is 1. The molecule has 2 heteroatoms. The predicted molar refractivity (Wildman–Crippen MR) is 80.1 cm³/mol. The van der Waals surface area contributed by atoms with E-state index in [1.165, 1.54) is 11.1 Å². The molecule has 1 heterocycles.